The van der Waals surface area contributed by atoms with Gasteiger partial charge in [-0.1, -0.05) is 115 Å². The second-order valence-corrected chi connectivity index (χ2v) is 13.9. The van der Waals surface area contributed by atoms with Crippen molar-refractivity contribution < 1.29 is 0 Å². The Morgan fingerprint density at radius 2 is 1.25 bits per heavy atom. The van der Waals surface area contributed by atoms with Crippen LogP contribution in [0.5, 0.6) is 0 Å². The molecule has 0 fully saturated rings. The maximum absolute atomic E-state index is 5.36. The second kappa shape index (κ2) is 11.4. The monoisotopic (exact) mass is 666 g/mol. The third-order valence-electron chi connectivity index (χ3n) is 11.0. The number of fused-ring (bicyclic) bond motifs is 9. The van der Waals surface area contributed by atoms with Crippen molar-refractivity contribution in [3.8, 4) is 11.1 Å². The molecule has 0 radical (unpaired) electrons. The van der Waals surface area contributed by atoms with Gasteiger partial charge >= 0.3 is 0 Å². The molecule has 4 heteroatoms. The van der Waals surface area contributed by atoms with E-state index in [9.17, 15) is 0 Å². The topological polar surface area (TPSA) is 34.2 Å². The number of allylic oxidation sites excluding steroid dienone is 4. The summed E-state index contributed by atoms with van der Waals surface area (Å²) in [5.74, 6) is 0.969. The molecule has 1 N–H and O–H groups in total. The molecule has 246 valence electrons. The fraction of sp³-hybridized carbons (Fsp3) is 0.0625. The molecular weight excluding hydrogens is 633 g/mol. The maximum Gasteiger partial charge on any atom is 0.141 e. The number of hydrogen-bond acceptors (Lipinski definition) is 2. The first kappa shape index (κ1) is 29.1. The molecular formula is C48H34N4. The summed E-state index contributed by atoms with van der Waals surface area (Å²) in [5.41, 5.74) is 11.7. The van der Waals surface area contributed by atoms with Crippen molar-refractivity contribution in [1.82, 2.24) is 9.13 Å². The average Bonchev–Trinajstić information content (AvgIpc) is 3.73. The highest BCUT2D eigenvalue weighted by Gasteiger charge is 2.28. The van der Waals surface area contributed by atoms with Gasteiger partial charge in [0.2, 0.25) is 0 Å². The average molecular weight is 667 g/mol. The Bertz CT molecular complexity index is 2990. The molecule has 1 aliphatic carbocycles. The normalized spacial score (nSPS) is 15.7. The first-order valence-corrected chi connectivity index (χ1v) is 18.2. The predicted octanol–water partition coefficient (Wildman–Crippen LogP) is 12.7. The van der Waals surface area contributed by atoms with E-state index in [0.29, 0.717) is 0 Å². The van der Waals surface area contributed by atoms with Crippen LogP contribution in [0, 0.1) is 0 Å². The summed E-state index contributed by atoms with van der Waals surface area (Å²) in [6.07, 6.45) is 8.83. The number of aliphatic imine (C=N–C) groups is 1. The van der Waals surface area contributed by atoms with Gasteiger partial charge in [0, 0.05) is 27.2 Å². The lowest BCUT2D eigenvalue weighted by Crippen LogP contribution is -2.29. The number of hydrogen-bond donors (Lipinski definition) is 1. The predicted molar refractivity (Wildman–Crippen MR) is 220 cm³/mol. The molecule has 4 nitrogen and oxygen atoms in total. The fourth-order valence-electron chi connectivity index (χ4n) is 8.61. The number of aromatic nitrogens is 2. The van der Waals surface area contributed by atoms with Crippen LogP contribution in [-0.2, 0) is 0 Å². The summed E-state index contributed by atoms with van der Waals surface area (Å²) >= 11 is 0. The van der Waals surface area contributed by atoms with Crippen LogP contribution >= 0.6 is 0 Å². The van der Waals surface area contributed by atoms with E-state index in [-0.39, 0.29) is 6.04 Å². The second-order valence-electron chi connectivity index (χ2n) is 13.9. The summed E-state index contributed by atoms with van der Waals surface area (Å²) in [6.45, 7) is 0. The molecule has 1 aliphatic heterocycles. The Morgan fingerprint density at radius 3 is 2.10 bits per heavy atom. The molecule has 3 heterocycles. The van der Waals surface area contributed by atoms with E-state index >= 15 is 0 Å². The zero-order valence-corrected chi connectivity index (χ0v) is 28.5. The fourth-order valence-corrected chi connectivity index (χ4v) is 8.61. The van der Waals surface area contributed by atoms with Crippen molar-refractivity contribution in [3.63, 3.8) is 0 Å². The van der Waals surface area contributed by atoms with Gasteiger partial charge in [-0.3, -0.25) is 4.57 Å². The molecule has 9 aromatic rings. The minimum atomic E-state index is -0.112. The zero-order chi connectivity index (χ0) is 34.2. The van der Waals surface area contributed by atoms with Gasteiger partial charge in [-0.15, -0.1) is 0 Å². The Labute approximate surface area is 301 Å². The number of benzene rings is 7. The van der Waals surface area contributed by atoms with Gasteiger partial charge in [-0.25, -0.2) is 4.99 Å². The summed E-state index contributed by atoms with van der Waals surface area (Å²) in [6, 6.07) is 55.0. The lowest BCUT2D eigenvalue weighted by atomic mass is 9.99. The number of anilines is 1. The van der Waals surface area contributed by atoms with Gasteiger partial charge in [-0.05, 0) is 94.9 Å². The molecule has 0 spiro atoms. The third kappa shape index (κ3) is 4.37. The van der Waals surface area contributed by atoms with E-state index in [2.05, 4.69) is 184 Å². The SMILES string of the molecule is C1=CCCC(n2c3ccc(-c4ccc5c(c4)c4ccccc4n5C4=Nc5ccccc5NC4c4ccccc4)cc3c3c4ccccc4ccc32)=C1. The zero-order valence-electron chi connectivity index (χ0n) is 28.5. The highest BCUT2D eigenvalue weighted by molar-refractivity contribution is 6.23. The molecule has 7 aromatic carbocycles. The molecule has 2 aliphatic rings. The van der Waals surface area contributed by atoms with Crippen LogP contribution in [0.25, 0.3) is 71.2 Å². The molecule has 0 saturated heterocycles. The first-order valence-electron chi connectivity index (χ1n) is 18.2. The van der Waals surface area contributed by atoms with Crippen molar-refractivity contribution in [2.75, 3.05) is 5.32 Å². The van der Waals surface area contributed by atoms with Crippen LogP contribution in [0.15, 0.2) is 175 Å². The highest BCUT2D eigenvalue weighted by Crippen LogP contribution is 2.42. The van der Waals surface area contributed by atoms with E-state index in [1.807, 2.05) is 0 Å². The Balaban J connectivity index is 1.13. The summed E-state index contributed by atoms with van der Waals surface area (Å²) < 4.78 is 4.85. The van der Waals surface area contributed by atoms with Gasteiger partial charge < -0.3 is 9.88 Å². The molecule has 2 aromatic heterocycles. The van der Waals surface area contributed by atoms with Gasteiger partial charge in [0.1, 0.15) is 11.9 Å². The van der Waals surface area contributed by atoms with Gasteiger partial charge in [-0.2, -0.15) is 0 Å². The summed E-state index contributed by atoms with van der Waals surface area (Å²) in [7, 11) is 0. The van der Waals surface area contributed by atoms with Crippen LogP contribution in [0.1, 0.15) is 24.4 Å². The molecule has 52 heavy (non-hydrogen) atoms. The number of nitrogens with one attached hydrogen (secondary N) is 1. The Hall–Kier alpha value is -6.65. The molecule has 1 atom stereocenters. The van der Waals surface area contributed by atoms with Crippen molar-refractivity contribution in [3.05, 3.63) is 175 Å². The quantitative estimate of drug-likeness (QED) is 0.200. The van der Waals surface area contributed by atoms with Crippen molar-refractivity contribution in [1.29, 1.82) is 0 Å². The van der Waals surface area contributed by atoms with Crippen molar-refractivity contribution >= 4 is 77.3 Å². The Morgan fingerprint density at radius 1 is 0.558 bits per heavy atom. The molecule has 11 rings (SSSR count). The van der Waals surface area contributed by atoms with E-state index < -0.39 is 0 Å². The minimum Gasteiger partial charge on any atom is -0.370 e. The smallest absolute Gasteiger partial charge is 0.141 e. The van der Waals surface area contributed by atoms with Crippen LogP contribution in [-0.4, -0.2) is 15.0 Å². The standard InChI is InChI=1S/C48H34N4/c1-3-14-32(15-4-1)47-48(50-41-21-11-10-20-40(41)49-47)52-42-22-12-9-19-37(42)38-29-33(24-26-43(38)52)34-25-27-44-39(30-34)46-36-18-8-7-13-31(36)23-28-45(46)51(44)35-16-5-2-6-17-35/h1-5,7-16,18-30,47,49H,6,17H2. The van der Waals surface area contributed by atoms with Gasteiger partial charge in [0.25, 0.3) is 0 Å². The van der Waals surface area contributed by atoms with Crippen LogP contribution in [0.2, 0.25) is 0 Å². The van der Waals surface area contributed by atoms with Crippen LogP contribution in [0.4, 0.5) is 11.4 Å². The maximum atomic E-state index is 5.36. The third-order valence-corrected chi connectivity index (χ3v) is 11.0. The van der Waals surface area contributed by atoms with Gasteiger partial charge in [0.05, 0.1) is 33.4 Å². The van der Waals surface area contributed by atoms with Gasteiger partial charge in [0.15, 0.2) is 0 Å². The number of para-hydroxylation sites is 3. The lowest BCUT2D eigenvalue weighted by Gasteiger charge is -2.29. The first-order chi connectivity index (χ1) is 25.8. The van der Waals surface area contributed by atoms with E-state index in [4.69, 9.17) is 4.99 Å². The molecule has 0 bridgehead atoms. The number of rotatable bonds is 3. The molecule has 0 saturated carbocycles. The highest BCUT2D eigenvalue weighted by atomic mass is 15.2. The van der Waals surface area contributed by atoms with Crippen molar-refractivity contribution in [2.45, 2.75) is 18.9 Å². The van der Waals surface area contributed by atoms with E-state index in [0.717, 1.165) is 41.1 Å². The molecule has 0 amide bonds. The Kier molecular flexibility index (Phi) is 6.41. The lowest BCUT2D eigenvalue weighted by molar-refractivity contribution is 0.962. The summed E-state index contributed by atoms with van der Waals surface area (Å²) in [5, 5.41) is 11.4. The summed E-state index contributed by atoms with van der Waals surface area (Å²) in [4.78, 5) is 5.36. The number of nitrogens with zero attached hydrogens (tertiary/aromatic N) is 3. The van der Waals surface area contributed by atoms with E-state index in [1.165, 1.54) is 65.7 Å². The van der Waals surface area contributed by atoms with Crippen LogP contribution in [0.3, 0.4) is 0 Å². The van der Waals surface area contributed by atoms with Crippen molar-refractivity contribution in [2.24, 2.45) is 4.99 Å². The largest absolute Gasteiger partial charge is 0.370 e. The van der Waals surface area contributed by atoms with Crippen LogP contribution < -0.4 is 5.32 Å². The van der Waals surface area contributed by atoms with E-state index in [1.54, 1.807) is 0 Å². The minimum absolute atomic E-state index is 0.112. The molecule has 1 unspecified atom stereocenters.